The highest BCUT2D eigenvalue weighted by atomic mass is 32.2. The summed E-state index contributed by atoms with van der Waals surface area (Å²) in [6.07, 6.45) is 3.45. The molecular formula is C10H7N3S2. The molecule has 0 aliphatic carbocycles. The van der Waals surface area contributed by atoms with Gasteiger partial charge in [0, 0.05) is 23.5 Å². The van der Waals surface area contributed by atoms with Crippen LogP contribution in [-0.4, -0.2) is 9.97 Å². The Morgan fingerprint density at radius 2 is 2.33 bits per heavy atom. The Bertz CT molecular complexity index is 474. The van der Waals surface area contributed by atoms with Gasteiger partial charge in [0.25, 0.3) is 0 Å². The summed E-state index contributed by atoms with van der Waals surface area (Å²) in [6, 6.07) is 5.75. The number of hydrogen-bond donors (Lipinski definition) is 0. The van der Waals surface area contributed by atoms with E-state index in [-0.39, 0.29) is 0 Å². The Hall–Kier alpha value is -1.38. The molecule has 5 heteroatoms. The molecule has 0 radical (unpaired) electrons. The number of pyridine rings is 1. The van der Waals surface area contributed by atoms with Crippen LogP contribution in [0.25, 0.3) is 0 Å². The molecule has 2 aromatic rings. The van der Waals surface area contributed by atoms with Crippen molar-refractivity contribution >= 4 is 23.1 Å². The molecule has 0 aromatic carbocycles. The van der Waals surface area contributed by atoms with Gasteiger partial charge in [-0.15, -0.1) is 11.3 Å². The van der Waals surface area contributed by atoms with Gasteiger partial charge in [0.2, 0.25) is 0 Å². The van der Waals surface area contributed by atoms with Crippen molar-refractivity contribution in [1.82, 2.24) is 9.97 Å². The molecule has 0 N–H and O–H groups in total. The molecule has 15 heavy (non-hydrogen) atoms. The lowest BCUT2D eigenvalue weighted by Crippen LogP contribution is -1.85. The van der Waals surface area contributed by atoms with Gasteiger partial charge in [-0.3, -0.25) is 0 Å². The van der Waals surface area contributed by atoms with E-state index in [2.05, 4.69) is 9.97 Å². The van der Waals surface area contributed by atoms with Crippen molar-refractivity contribution in [1.29, 1.82) is 5.26 Å². The van der Waals surface area contributed by atoms with Crippen molar-refractivity contribution in [3.05, 3.63) is 41.2 Å². The van der Waals surface area contributed by atoms with Crippen LogP contribution in [0, 0.1) is 11.3 Å². The maximum atomic E-state index is 8.68. The molecule has 0 fully saturated rings. The van der Waals surface area contributed by atoms with Crippen LogP contribution < -0.4 is 0 Å². The Labute approximate surface area is 95.8 Å². The van der Waals surface area contributed by atoms with E-state index in [0.717, 1.165) is 15.7 Å². The third-order valence-electron chi connectivity index (χ3n) is 1.71. The molecule has 2 rings (SSSR count). The fourth-order valence-corrected chi connectivity index (χ4v) is 2.63. The zero-order chi connectivity index (χ0) is 10.5. The van der Waals surface area contributed by atoms with Gasteiger partial charge in [0.05, 0.1) is 0 Å². The minimum Gasteiger partial charge on any atom is -0.246 e. The zero-order valence-electron chi connectivity index (χ0n) is 7.75. The Morgan fingerprint density at radius 1 is 1.40 bits per heavy atom. The second-order valence-corrected chi connectivity index (χ2v) is 4.86. The molecule has 0 saturated carbocycles. The number of nitriles is 1. The van der Waals surface area contributed by atoms with Gasteiger partial charge >= 0.3 is 0 Å². The van der Waals surface area contributed by atoms with E-state index in [1.807, 2.05) is 17.5 Å². The topological polar surface area (TPSA) is 49.6 Å². The van der Waals surface area contributed by atoms with Gasteiger partial charge in [-0.2, -0.15) is 5.26 Å². The Morgan fingerprint density at radius 3 is 3.07 bits per heavy atom. The fraction of sp³-hybridized carbons (Fsp3) is 0.100. The van der Waals surface area contributed by atoms with Gasteiger partial charge in [0.15, 0.2) is 0 Å². The second kappa shape index (κ2) is 4.91. The molecule has 0 aliphatic heterocycles. The normalized spacial score (nSPS) is 9.80. The van der Waals surface area contributed by atoms with Crippen molar-refractivity contribution in [2.75, 3.05) is 0 Å². The van der Waals surface area contributed by atoms with Crippen LogP contribution in [0.3, 0.4) is 0 Å². The Kier molecular flexibility index (Phi) is 3.33. The smallest absolute Gasteiger partial charge is 0.150 e. The molecule has 2 aromatic heterocycles. The summed E-state index contributed by atoms with van der Waals surface area (Å²) in [5.74, 6) is 0.824. The summed E-state index contributed by atoms with van der Waals surface area (Å²) >= 11 is 3.29. The predicted octanol–water partition coefficient (Wildman–Crippen LogP) is 2.70. The van der Waals surface area contributed by atoms with E-state index in [0.29, 0.717) is 5.69 Å². The van der Waals surface area contributed by atoms with E-state index in [9.17, 15) is 0 Å². The molecule has 0 amide bonds. The summed E-state index contributed by atoms with van der Waals surface area (Å²) < 4.78 is 1.05. The molecule has 0 aliphatic rings. The number of thiazole rings is 1. The van der Waals surface area contributed by atoms with Gasteiger partial charge in [-0.1, -0.05) is 11.8 Å². The van der Waals surface area contributed by atoms with E-state index in [1.165, 1.54) is 0 Å². The molecule has 0 unspecified atom stereocenters. The highest BCUT2D eigenvalue weighted by Gasteiger charge is 1.99. The van der Waals surface area contributed by atoms with Crippen LogP contribution in [-0.2, 0) is 5.75 Å². The summed E-state index contributed by atoms with van der Waals surface area (Å²) in [5, 5.41) is 10.6. The summed E-state index contributed by atoms with van der Waals surface area (Å²) in [4.78, 5) is 8.09. The van der Waals surface area contributed by atoms with Crippen LogP contribution >= 0.6 is 23.1 Å². The van der Waals surface area contributed by atoms with Gasteiger partial charge in [-0.05, 0) is 17.7 Å². The minimum absolute atomic E-state index is 0.465. The lowest BCUT2D eigenvalue weighted by Gasteiger charge is -1.98. The average Bonchev–Trinajstić information content (AvgIpc) is 2.79. The minimum atomic E-state index is 0.465. The van der Waals surface area contributed by atoms with Crippen LogP contribution in [0.1, 0.15) is 11.3 Å². The molecule has 0 atom stereocenters. The molecule has 74 valence electrons. The van der Waals surface area contributed by atoms with Crippen LogP contribution in [0.2, 0.25) is 0 Å². The number of thioether (sulfide) groups is 1. The molecule has 2 heterocycles. The van der Waals surface area contributed by atoms with Gasteiger partial charge < -0.3 is 0 Å². The molecular weight excluding hydrogens is 226 g/mol. The maximum Gasteiger partial charge on any atom is 0.150 e. The Balaban J connectivity index is 2.02. The standard InChI is InChI=1S/C10H7N3S2/c11-6-9-5-8(1-2-12-9)7-15-10-13-3-4-14-10/h1-5H,7H2. The zero-order valence-corrected chi connectivity index (χ0v) is 9.38. The third kappa shape index (κ3) is 2.78. The first kappa shape index (κ1) is 10.1. The highest BCUT2D eigenvalue weighted by Crippen LogP contribution is 2.24. The fourth-order valence-electron chi connectivity index (χ4n) is 1.05. The molecule has 0 bridgehead atoms. The lowest BCUT2D eigenvalue weighted by molar-refractivity contribution is 1.21. The van der Waals surface area contributed by atoms with Crippen molar-refractivity contribution in [2.24, 2.45) is 0 Å². The first-order chi connectivity index (χ1) is 7.38. The van der Waals surface area contributed by atoms with Gasteiger partial charge in [-0.25, -0.2) is 9.97 Å². The van der Waals surface area contributed by atoms with Crippen molar-refractivity contribution in [3.8, 4) is 6.07 Å². The lowest BCUT2D eigenvalue weighted by atomic mass is 10.2. The number of rotatable bonds is 3. The first-order valence-corrected chi connectivity index (χ1v) is 6.12. The third-order valence-corrected chi connectivity index (χ3v) is 3.75. The highest BCUT2D eigenvalue weighted by molar-refractivity contribution is 8.00. The van der Waals surface area contributed by atoms with Crippen molar-refractivity contribution in [2.45, 2.75) is 10.1 Å². The van der Waals surface area contributed by atoms with E-state index < -0.39 is 0 Å². The molecule has 3 nitrogen and oxygen atoms in total. The number of nitrogens with zero attached hydrogens (tertiary/aromatic N) is 3. The molecule has 0 saturated heterocycles. The van der Waals surface area contributed by atoms with Gasteiger partial charge in [0.1, 0.15) is 16.1 Å². The summed E-state index contributed by atoms with van der Waals surface area (Å²) in [6.45, 7) is 0. The first-order valence-electron chi connectivity index (χ1n) is 4.26. The van der Waals surface area contributed by atoms with Crippen LogP contribution in [0.5, 0.6) is 0 Å². The largest absolute Gasteiger partial charge is 0.246 e. The maximum absolute atomic E-state index is 8.68. The van der Waals surface area contributed by atoms with Crippen molar-refractivity contribution < 1.29 is 0 Å². The number of hydrogen-bond acceptors (Lipinski definition) is 5. The average molecular weight is 233 g/mol. The summed E-state index contributed by atoms with van der Waals surface area (Å²) in [5.41, 5.74) is 1.56. The van der Waals surface area contributed by atoms with E-state index in [1.54, 1.807) is 41.6 Å². The van der Waals surface area contributed by atoms with Crippen molar-refractivity contribution in [3.63, 3.8) is 0 Å². The van der Waals surface area contributed by atoms with Crippen LogP contribution in [0.15, 0.2) is 34.2 Å². The summed E-state index contributed by atoms with van der Waals surface area (Å²) in [7, 11) is 0. The molecule has 0 spiro atoms. The van der Waals surface area contributed by atoms with Crippen LogP contribution in [0.4, 0.5) is 0 Å². The second-order valence-electron chi connectivity index (χ2n) is 2.75. The number of aromatic nitrogens is 2. The quantitative estimate of drug-likeness (QED) is 0.765. The monoisotopic (exact) mass is 233 g/mol. The van der Waals surface area contributed by atoms with E-state index in [4.69, 9.17) is 5.26 Å². The van der Waals surface area contributed by atoms with E-state index >= 15 is 0 Å². The SMILES string of the molecule is N#Cc1cc(CSc2nccs2)ccn1. The predicted molar refractivity (Wildman–Crippen MR) is 60.6 cm³/mol.